The van der Waals surface area contributed by atoms with Gasteiger partial charge in [-0.15, -0.1) is 0 Å². The van der Waals surface area contributed by atoms with Crippen molar-refractivity contribution in [2.45, 2.75) is 52.6 Å². The normalized spacial score (nSPS) is 12.5. The Kier molecular flexibility index (Phi) is 9.14. The minimum absolute atomic E-state index is 0.284. The zero-order valence-electron chi connectivity index (χ0n) is 26.1. The first-order valence-electron chi connectivity index (χ1n) is 14.7. The lowest BCUT2D eigenvalue weighted by molar-refractivity contribution is -0.150. The smallest absolute Gasteiger partial charge is 0.337 e. The molecule has 0 aliphatic carbocycles. The average Bonchev–Trinajstić information content (AvgIpc) is 3.57. The van der Waals surface area contributed by atoms with Gasteiger partial charge in [0, 0.05) is 30.9 Å². The molecule has 0 saturated heterocycles. The topological polar surface area (TPSA) is 79.7 Å². The third-order valence-corrected chi connectivity index (χ3v) is 8.34. The molecule has 1 aromatic heterocycles. The van der Waals surface area contributed by atoms with E-state index in [-0.39, 0.29) is 11.9 Å². The zero-order chi connectivity index (χ0) is 31.4. The number of imidazole rings is 1. The number of nitrogens with zero attached hydrogens (tertiary/aromatic N) is 2. The third-order valence-electron chi connectivity index (χ3n) is 8.34. The summed E-state index contributed by atoms with van der Waals surface area (Å²) in [7, 11) is 3.03. The number of esters is 2. The standard InChI is InChI=1S/C37H38N2O5/c1-23-7-11-32(39-14-13-38-22-39)18-30(23)20-34(21-35-24(2)15-31(16-25(35)3)37(41)43-6)44-36(40)26(4)27-8-9-29-19-33(42-5)12-10-28(29)17-27/h7-19,22,26,34H,20-21H2,1-6H3. The van der Waals surface area contributed by atoms with E-state index in [2.05, 4.69) is 30.1 Å². The van der Waals surface area contributed by atoms with Gasteiger partial charge in [-0.1, -0.05) is 30.3 Å². The van der Waals surface area contributed by atoms with Crippen molar-refractivity contribution in [3.05, 3.63) is 124 Å². The van der Waals surface area contributed by atoms with Gasteiger partial charge in [-0.25, -0.2) is 9.78 Å². The van der Waals surface area contributed by atoms with Crippen LogP contribution in [-0.2, 0) is 27.1 Å². The molecule has 1 heterocycles. The molecule has 4 aromatic carbocycles. The quantitative estimate of drug-likeness (QED) is 0.160. The number of fused-ring (bicyclic) bond motifs is 1. The van der Waals surface area contributed by atoms with Gasteiger partial charge in [-0.05, 0) is 108 Å². The molecule has 5 aromatic rings. The summed E-state index contributed by atoms with van der Waals surface area (Å²) in [5.74, 6) is -0.336. The molecule has 0 bridgehead atoms. The highest BCUT2D eigenvalue weighted by molar-refractivity contribution is 5.90. The van der Waals surface area contributed by atoms with Crippen LogP contribution in [0.3, 0.4) is 0 Å². The summed E-state index contributed by atoms with van der Waals surface area (Å²) < 4.78 is 18.6. The second-order valence-electron chi connectivity index (χ2n) is 11.3. The average molecular weight is 591 g/mol. The number of methoxy groups -OCH3 is 2. The van der Waals surface area contributed by atoms with E-state index in [1.54, 1.807) is 19.6 Å². The summed E-state index contributed by atoms with van der Waals surface area (Å²) in [5, 5.41) is 2.07. The van der Waals surface area contributed by atoms with Gasteiger partial charge in [0.15, 0.2) is 0 Å². The molecular formula is C37H38N2O5. The first-order valence-corrected chi connectivity index (χ1v) is 14.7. The molecule has 2 atom stereocenters. The van der Waals surface area contributed by atoms with Crippen LogP contribution in [0.1, 0.15) is 56.6 Å². The van der Waals surface area contributed by atoms with Crippen molar-refractivity contribution in [3.8, 4) is 11.4 Å². The van der Waals surface area contributed by atoms with Gasteiger partial charge in [0.2, 0.25) is 0 Å². The maximum atomic E-state index is 13.7. The molecule has 7 heteroatoms. The van der Waals surface area contributed by atoms with Crippen LogP contribution in [-0.4, -0.2) is 41.8 Å². The summed E-state index contributed by atoms with van der Waals surface area (Å²) >= 11 is 0. The molecule has 226 valence electrons. The molecule has 0 radical (unpaired) electrons. The number of benzene rings is 4. The van der Waals surface area contributed by atoms with Crippen LogP contribution < -0.4 is 4.74 Å². The van der Waals surface area contributed by atoms with Crippen molar-refractivity contribution in [2.24, 2.45) is 0 Å². The van der Waals surface area contributed by atoms with Crippen LogP contribution in [0.5, 0.6) is 5.75 Å². The highest BCUT2D eigenvalue weighted by atomic mass is 16.5. The van der Waals surface area contributed by atoms with Crippen molar-refractivity contribution < 1.29 is 23.8 Å². The van der Waals surface area contributed by atoms with Gasteiger partial charge in [0.05, 0.1) is 32.0 Å². The lowest BCUT2D eigenvalue weighted by atomic mass is 9.91. The summed E-state index contributed by atoms with van der Waals surface area (Å²) in [6.45, 7) is 7.91. The number of ether oxygens (including phenoxy) is 3. The molecule has 0 aliphatic rings. The molecule has 0 amide bonds. The Hall–Kier alpha value is -4.91. The maximum Gasteiger partial charge on any atom is 0.337 e. The Balaban J connectivity index is 1.45. The first kappa shape index (κ1) is 30.5. The van der Waals surface area contributed by atoms with Gasteiger partial charge < -0.3 is 18.8 Å². The summed E-state index contributed by atoms with van der Waals surface area (Å²) in [4.78, 5) is 30.2. The van der Waals surface area contributed by atoms with Crippen LogP contribution in [0.15, 0.2) is 85.5 Å². The number of carbonyl (C=O) groups excluding carboxylic acids is 2. The lowest BCUT2D eigenvalue weighted by Gasteiger charge is -2.24. The second-order valence-corrected chi connectivity index (χ2v) is 11.3. The van der Waals surface area contributed by atoms with Gasteiger partial charge in [0.25, 0.3) is 0 Å². The SMILES string of the molecule is COC(=O)c1cc(C)c(CC(Cc2cc(-n3ccnc3)ccc2C)OC(=O)C(C)c2ccc3cc(OC)ccc3c2)c(C)c1. The monoisotopic (exact) mass is 590 g/mol. The van der Waals surface area contributed by atoms with Crippen LogP contribution in [0.4, 0.5) is 0 Å². The molecule has 2 unspecified atom stereocenters. The van der Waals surface area contributed by atoms with E-state index >= 15 is 0 Å². The fourth-order valence-electron chi connectivity index (χ4n) is 5.67. The molecular weight excluding hydrogens is 552 g/mol. The fraction of sp³-hybridized carbons (Fsp3) is 0.270. The van der Waals surface area contributed by atoms with Gasteiger partial charge in [-0.2, -0.15) is 0 Å². The zero-order valence-corrected chi connectivity index (χ0v) is 26.1. The highest BCUT2D eigenvalue weighted by Crippen LogP contribution is 2.28. The third kappa shape index (κ3) is 6.67. The van der Waals surface area contributed by atoms with E-state index in [0.717, 1.165) is 55.6 Å². The Morgan fingerprint density at radius 1 is 0.841 bits per heavy atom. The molecule has 7 nitrogen and oxygen atoms in total. The number of aryl methyl sites for hydroxylation is 3. The number of aromatic nitrogens is 2. The number of hydrogen-bond donors (Lipinski definition) is 0. The van der Waals surface area contributed by atoms with Crippen molar-refractivity contribution in [1.29, 1.82) is 0 Å². The maximum absolute atomic E-state index is 13.7. The second kappa shape index (κ2) is 13.2. The van der Waals surface area contributed by atoms with Crippen LogP contribution in [0.25, 0.3) is 16.5 Å². The molecule has 0 fully saturated rings. The van der Waals surface area contributed by atoms with Crippen LogP contribution in [0, 0.1) is 20.8 Å². The Morgan fingerprint density at radius 3 is 2.25 bits per heavy atom. The van der Waals surface area contributed by atoms with E-state index in [1.165, 1.54) is 7.11 Å². The number of hydrogen-bond acceptors (Lipinski definition) is 6. The largest absolute Gasteiger partial charge is 0.497 e. The fourth-order valence-corrected chi connectivity index (χ4v) is 5.67. The lowest BCUT2D eigenvalue weighted by Crippen LogP contribution is -2.27. The van der Waals surface area contributed by atoms with E-state index in [1.807, 2.05) is 80.1 Å². The van der Waals surface area contributed by atoms with Gasteiger partial charge in [0.1, 0.15) is 11.9 Å². The Morgan fingerprint density at radius 2 is 1.57 bits per heavy atom. The van der Waals surface area contributed by atoms with Crippen molar-refractivity contribution >= 4 is 22.7 Å². The minimum Gasteiger partial charge on any atom is -0.497 e. The molecule has 0 aliphatic heterocycles. The van der Waals surface area contributed by atoms with Crippen LogP contribution in [0.2, 0.25) is 0 Å². The molecule has 0 saturated carbocycles. The first-order chi connectivity index (χ1) is 21.2. The summed E-state index contributed by atoms with van der Waals surface area (Å²) in [5.41, 5.74) is 7.54. The van der Waals surface area contributed by atoms with Gasteiger partial charge >= 0.3 is 11.9 Å². The van der Waals surface area contributed by atoms with Crippen LogP contribution >= 0.6 is 0 Å². The molecule has 5 rings (SSSR count). The number of carbonyl (C=O) groups is 2. The predicted octanol–water partition coefficient (Wildman–Crippen LogP) is 7.25. The predicted molar refractivity (Wildman–Crippen MR) is 172 cm³/mol. The Labute approximate surface area is 258 Å². The summed E-state index contributed by atoms with van der Waals surface area (Å²) in [6.07, 6.45) is 6.02. The van der Waals surface area contributed by atoms with Crippen molar-refractivity contribution in [2.75, 3.05) is 14.2 Å². The number of rotatable bonds is 10. The summed E-state index contributed by atoms with van der Waals surface area (Å²) in [6, 6.07) is 21.9. The van der Waals surface area contributed by atoms with E-state index in [9.17, 15) is 9.59 Å². The van der Waals surface area contributed by atoms with E-state index in [4.69, 9.17) is 14.2 Å². The van der Waals surface area contributed by atoms with E-state index in [0.29, 0.717) is 18.4 Å². The Bertz CT molecular complexity index is 1790. The van der Waals surface area contributed by atoms with Crippen molar-refractivity contribution in [3.63, 3.8) is 0 Å². The molecule has 0 spiro atoms. The highest BCUT2D eigenvalue weighted by Gasteiger charge is 2.25. The van der Waals surface area contributed by atoms with E-state index < -0.39 is 12.0 Å². The molecule has 44 heavy (non-hydrogen) atoms. The minimum atomic E-state index is -0.466. The molecule has 0 N–H and O–H groups in total. The van der Waals surface area contributed by atoms with Gasteiger partial charge in [-0.3, -0.25) is 4.79 Å². The van der Waals surface area contributed by atoms with Crippen molar-refractivity contribution in [1.82, 2.24) is 9.55 Å².